The molecule has 0 spiro atoms. The zero-order chi connectivity index (χ0) is 18.5. The Balaban J connectivity index is 1.57. The number of ether oxygens (including phenoxy) is 2. The van der Waals surface area contributed by atoms with Crippen LogP contribution in [-0.2, 0) is 16.0 Å². The first-order valence-electron chi connectivity index (χ1n) is 8.36. The molecule has 26 heavy (non-hydrogen) atoms. The highest BCUT2D eigenvalue weighted by Crippen LogP contribution is 2.21. The Kier molecular flexibility index (Phi) is 6.00. The Bertz CT molecular complexity index is 778. The number of benzene rings is 1. The normalized spacial score (nSPS) is 17.2. The monoisotopic (exact) mass is 377 g/mol. The number of Topliss-reactive ketones (excluding diaryl/α,β-unsaturated/α-hetero) is 1. The summed E-state index contributed by atoms with van der Waals surface area (Å²) in [4.78, 5) is 25.8. The molecule has 0 aliphatic carbocycles. The highest BCUT2D eigenvalue weighted by molar-refractivity contribution is 7.08. The molecule has 2 aromatic rings. The van der Waals surface area contributed by atoms with E-state index in [9.17, 15) is 14.0 Å². The second kappa shape index (κ2) is 8.42. The van der Waals surface area contributed by atoms with Crippen LogP contribution in [0.4, 0.5) is 4.39 Å². The van der Waals surface area contributed by atoms with E-state index in [2.05, 4.69) is 0 Å². The van der Waals surface area contributed by atoms with Crippen LogP contribution in [0.25, 0.3) is 0 Å². The number of carbonyl (C=O) groups is 2. The number of hydrogen-bond donors (Lipinski definition) is 0. The van der Waals surface area contributed by atoms with Crippen molar-refractivity contribution >= 4 is 23.0 Å². The van der Waals surface area contributed by atoms with Gasteiger partial charge in [-0.05, 0) is 47.5 Å². The first-order valence-corrected chi connectivity index (χ1v) is 9.31. The summed E-state index contributed by atoms with van der Waals surface area (Å²) >= 11 is 1.57. The van der Waals surface area contributed by atoms with E-state index in [0.717, 1.165) is 11.6 Å². The molecule has 0 bridgehead atoms. The summed E-state index contributed by atoms with van der Waals surface area (Å²) in [6, 6.07) is 5.80. The number of morpholine rings is 1. The molecule has 1 aromatic heterocycles. The van der Waals surface area contributed by atoms with Crippen LogP contribution < -0.4 is 4.74 Å². The Morgan fingerprint density at radius 3 is 2.96 bits per heavy atom. The fourth-order valence-corrected chi connectivity index (χ4v) is 3.48. The third-order valence-corrected chi connectivity index (χ3v) is 4.90. The third-order valence-electron chi connectivity index (χ3n) is 4.17. The van der Waals surface area contributed by atoms with Gasteiger partial charge < -0.3 is 14.4 Å². The number of ketones is 1. The van der Waals surface area contributed by atoms with Crippen molar-refractivity contribution in [3.05, 3.63) is 52.0 Å². The molecule has 1 unspecified atom stereocenters. The smallest absolute Gasteiger partial charge is 0.227 e. The highest BCUT2D eigenvalue weighted by Gasteiger charge is 2.25. The summed E-state index contributed by atoms with van der Waals surface area (Å²) in [6.07, 6.45) is 0.0869. The number of thiophene rings is 1. The molecule has 138 valence electrons. The molecule has 0 N–H and O–H groups in total. The van der Waals surface area contributed by atoms with E-state index in [4.69, 9.17) is 9.47 Å². The maximum atomic E-state index is 13.3. The van der Waals surface area contributed by atoms with Gasteiger partial charge in [0, 0.05) is 6.54 Å². The van der Waals surface area contributed by atoms with Gasteiger partial charge in [-0.2, -0.15) is 11.3 Å². The summed E-state index contributed by atoms with van der Waals surface area (Å²) in [6.45, 7) is 2.97. The molecular formula is C19H20FNO4S. The average molecular weight is 377 g/mol. The molecule has 1 aliphatic rings. The minimum atomic E-state index is -0.485. The zero-order valence-corrected chi connectivity index (χ0v) is 15.3. The van der Waals surface area contributed by atoms with Crippen molar-refractivity contribution < 1.29 is 23.5 Å². The van der Waals surface area contributed by atoms with Gasteiger partial charge in [0.15, 0.2) is 5.78 Å². The van der Waals surface area contributed by atoms with Gasteiger partial charge in [-0.15, -0.1) is 0 Å². The van der Waals surface area contributed by atoms with Crippen molar-refractivity contribution in [3.63, 3.8) is 0 Å². The summed E-state index contributed by atoms with van der Waals surface area (Å²) in [5, 5.41) is 3.92. The lowest BCUT2D eigenvalue weighted by molar-refractivity contribution is -0.139. The Morgan fingerprint density at radius 1 is 1.38 bits per heavy atom. The lowest BCUT2D eigenvalue weighted by Gasteiger charge is -2.33. The van der Waals surface area contributed by atoms with Crippen LogP contribution in [-0.4, -0.2) is 49.0 Å². The largest absolute Gasteiger partial charge is 0.490 e. The molecule has 7 heteroatoms. The molecule has 1 atom stereocenters. The molecule has 0 saturated carbocycles. The van der Waals surface area contributed by atoms with Crippen molar-refractivity contribution in [1.82, 2.24) is 4.90 Å². The molecule has 5 nitrogen and oxygen atoms in total. The van der Waals surface area contributed by atoms with Crippen molar-refractivity contribution in [3.8, 4) is 5.75 Å². The number of rotatable bonds is 6. The number of hydrogen-bond acceptors (Lipinski definition) is 5. The zero-order valence-electron chi connectivity index (χ0n) is 14.4. The Labute approximate surface area is 155 Å². The van der Waals surface area contributed by atoms with Crippen LogP contribution in [0.3, 0.4) is 0 Å². The summed E-state index contributed by atoms with van der Waals surface area (Å²) < 4.78 is 24.7. The summed E-state index contributed by atoms with van der Waals surface area (Å²) in [5.41, 5.74) is 1.21. The van der Waals surface area contributed by atoms with E-state index in [1.807, 2.05) is 16.8 Å². The van der Waals surface area contributed by atoms with Gasteiger partial charge in [-0.25, -0.2) is 4.39 Å². The van der Waals surface area contributed by atoms with Gasteiger partial charge in [0.05, 0.1) is 25.1 Å². The summed E-state index contributed by atoms with van der Waals surface area (Å²) in [5.74, 6) is -0.370. The van der Waals surface area contributed by atoms with E-state index in [-0.39, 0.29) is 30.0 Å². The van der Waals surface area contributed by atoms with Crippen molar-refractivity contribution in [2.45, 2.75) is 19.4 Å². The van der Waals surface area contributed by atoms with E-state index >= 15 is 0 Å². The van der Waals surface area contributed by atoms with Crippen LogP contribution in [0.1, 0.15) is 22.8 Å². The second-order valence-electron chi connectivity index (χ2n) is 6.15. The first-order chi connectivity index (χ1) is 12.5. The molecule has 1 aliphatic heterocycles. The number of halogens is 1. The maximum Gasteiger partial charge on any atom is 0.227 e. The van der Waals surface area contributed by atoms with Gasteiger partial charge >= 0.3 is 0 Å². The van der Waals surface area contributed by atoms with E-state index in [0.29, 0.717) is 31.9 Å². The number of nitrogens with zero attached hydrogens (tertiary/aromatic N) is 1. The standard InChI is InChI=1S/C19H20FNO4S/c1-13(22)17-9-15(20)2-3-18(17)25-11-16-10-21(5-6-24-16)19(23)8-14-4-7-26-12-14/h2-4,7,9,12,16H,5-6,8,10-11H2,1H3. The van der Waals surface area contributed by atoms with Crippen LogP contribution >= 0.6 is 11.3 Å². The van der Waals surface area contributed by atoms with Gasteiger partial charge in [-0.1, -0.05) is 0 Å². The minimum absolute atomic E-state index is 0.0582. The first kappa shape index (κ1) is 18.5. The van der Waals surface area contributed by atoms with Crippen LogP contribution in [0.2, 0.25) is 0 Å². The van der Waals surface area contributed by atoms with Crippen LogP contribution in [0.15, 0.2) is 35.0 Å². The molecule has 1 aromatic carbocycles. The maximum absolute atomic E-state index is 13.3. The third kappa shape index (κ3) is 4.68. The molecule has 1 saturated heterocycles. The molecular weight excluding hydrogens is 357 g/mol. The van der Waals surface area contributed by atoms with E-state index < -0.39 is 5.82 Å². The van der Waals surface area contributed by atoms with Crippen molar-refractivity contribution in [1.29, 1.82) is 0 Å². The van der Waals surface area contributed by atoms with Gasteiger partial charge in [0.25, 0.3) is 0 Å². The minimum Gasteiger partial charge on any atom is -0.490 e. The fraction of sp³-hybridized carbons (Fsp3) is 0.368. The fourth-order valence-electron chi connectivity index (χ4n) is 2.81. The molecule has 3 rings (SSSR count). The summed E-state index contributed by atoms with van der Waals surface area (Å²) in [7, 11) is 0. The van der Waals surface area contributed by atoms with Gasteiger partial charge in [0.1, 0.15) is 24.3 Å². The highest BCUT2D eigenvalue weighted by atomic mass is 32.1. The molecule has 0 radical (unpaired) electrons. The Hall–Kier alpha value is -2.25. The molecule has 1 amide bonds. The Morgan fingerprint density at radius 2 is 2.23 bits per heavy atom. The predicted molar refractivity (Wildman–Crippen MR) is 96.2 cm³/mol. The van der Waals surface area contributed by atoms with Crippen molar-refractivity contribution in [2.24, 2.45) is 0 Å². The topological polar surface area (TPSA) is 55.8 Å². The predicted octanol–water partition coefficient (Wildman–Crippen LogP) is 2.94. The van der Waals surface area contributed by atoms with Crippen LogP contribution in [0.5, 0.6) is 5.75 Å². The molecule has 1 fully saturated rings. The second-order valence-corrected chi connectivity index (χ2v) is 6.93. The van der Waals surface area contributed by atoms with E-state index in [1.54, 1.807) is 16.2 Å². The lowest BCUT2D eigenvalue weighted by Crippen LogP contribution is -2.48. The number of amides is 1. The average Bonchev–Trinajstić information content (AvgIpc) is 3.13. The number of carbonyl (C=O) groups excluding carboxylic acids is 2. The lowest BCUT2D eigenvalue weighted by atomic mass is 10.1. The van der Waals surface area contributed by atoms with Gasteiger partial charge in [0.2, 0.25) is 5.91 Å². The van der Waals surface area contributed by atoms with Gasteiger partial charge in [-0.3, -0.25) is 9.59 Å². The van der Waals surface area contributed by atoms with Crippen LogP contribution in [0, 0.1) is 5.82 Å². The van der Waals surface area contributed by atoms with Crippen molar-refractivity contribution in [2.75, 3.05) is 26.3 Å². The molecule has 2 heterocycles. The SMILES string of the molecule is CC(=O)c1cc(F)ccc1OCC1CN(C(=O)Cc2ccsc2)CCO1. The quantitative estimate of drug-likeness (QED) is 0.727. The van der Waals surface area contributed by atoms with E-state index in [1.165, 1.54) is 19.1 Å².